The van der Waals surface area contributed by atoms with Gasteiger partial charge in [-0.15, -0.1) is 11.3 Å². The molecular formula is C22H24N4O3S. The van der Waals surface area contributed by atoms with Crippen LogP contribution in [0.2, 0.25) is 0 Å². The zero-order valence-electron chi connectivity index (χ0n) is 16.8. The molecular weight excluding hydrogens is 400 g/mol. The zero-order valence-corrected chi connectivity index (χ0v) is 17.6. The molecule has 8 heteroatoms. The molecule has 2 aromatic heterocycles. The molecule has 30 heavy (non-hydrogen) atoms. The second-order valence-corrected chi connectivity index (χ2v) is 8.27. The Morgan fingerprint density at radius 2 is 1.97 bits per heavy atom. The maximum absolute atomic E-state index is 13.2. The van der Waals surface area contributed by atoms with Crippen LogP contribution in [0.1, 0.15) is 49.5 Å². The standard InChI is InChI=1S/C22H24N4O3S/c1-15(20(27)26(22-23-12-13-30-22)17-10-6-3-7-11-17)29-21(28)19-14-18(24-25-19)16-8-4-2-5-9-16/h2,4-5,8-9,12-15,17H,3,6-7,10-11H2,1H3,(H,24,25). The number of ether oxygens (including phenoxy) is 1. The summed E-state index contributed by atoms with van der Waals surface area (Å²) in [5.74, 6) is -0.846. The number of esters is 1. The third-order valence-corrected chi connectivity index (χ3v) is 6.07. The number of benzene rings is 1. The number of nitrogens with one attached hydrogen (secondary N) is 1. The van der Waals surface area contributed by atoms with Crippen molar-refractivity contribution < 1.29 is 14.3 Å². The van der Waals surface area contributed by atoms with Gasteiger partial charge in [0.15, 0.2) is 11.2 Å². The van der Waals surface area contributed by atoms with Gasteiger partial charge in [-0.2, -0.15) is 5.10 Å². The Balaban J connectivity index is 1.46. The van der Waals surface area contributed by atoms with Gasteiger partial charge < -0.3 is 4.74 Å². The van der Waals surface area contributed by atoms with Crippen LogP contribution in [0.5, 0.6) is 0 Å². The summed E-state index contributed by atoms with van der Waals surface area (Å²) in [5.41, 5.74) is 1.75. The number of carbonyl (C=O) groups excluding carboxylic acids is 2. The molecule has 1 atom stereocenters. The van der Waals surface area contributed by atoms with Gasteiger partial charge in [0.05, 0.1) is 5.69 Å². The molecule has 2 heterocycles. The van der Waals surface area contributed by atoms with E-state index in [1.807, 2.05) is 35.7 Å². The van der Waals surface area contributed by atoms with Crippen LogP contribution < -0.4 is 4.90 Å². The third-order valence-electron chi connectivity index (χ3n) is 5.30. The quantitative estimate of drug-likeness (QED) is 0.591. The van der Waals surface area contributed by atoms with Crippen molar-refractivity contribution in [2.45, 2.75) is 51.2 Å². The van der Waals surface area contributed by atoms with Crippen LogP contribution in [0.25, 0.3) is 11.3 Å². The molecule has 3 aromatic rings. The number of nitrogens with zero attached hydrogens (tertiary/aromatic N) is 3. The van der Waals surface area contributed by atoms with Crippen LogP contribution >= 0.6 is 11.3 Å². The highest BCUT2D eigenvalue weighted by Crippen LogP contribution is 2.30. The summed E-state index contributed by atoms with van der Waals surface area (Å²) < 4.78 is 5.49. The highest BCUT2D eigenvalue weighted by Gasteiger charge is 2.33. The first-order valence-corrected chi connectivity index (χ1v) is 11.1. The van der Waals surface area contributed by atoms with E-state index in [1.165, 1.54) is 17.8 Å². The molecule has 0 radical (unpaired) electrons. The van der Waals surface area contributed by atoms with Crippen molar-refractivity contribution in [3.05, 3.63) is 53.7 Å². The van der Waals surface area contributed by atoms with E-state index in [1.54, 1.807) is 24.1 Å². The number of aromatic amines is 1. The molecule has 7 nitrogen and oxygen atoms in total. The average Bonchev–Trinajstić information content (AvgIpc) is 3.48. The molecule has 0 aliphatic heterocycles. The first-order chi connectivity index (χ1) is 14.6. The van der Waals surface area contributed by atoms with Gasteiger partial charge in [0.2, 0.25) is 0 Å². The summed E-state index contributed by atoms with van der Waals surface area (Å²) in [5, 5.41) is 9.40. The lowest BCUT2D eigenvalue weighted by molar-refractivity contribution is -0.127. The van der Waals surface area contributed by atoms with Gasteiger partial charge in [-0.1, -0.05) is 49.6 Å². The Morgan fingerprint density at radius 1 is 1.20 bits per heavy atom. The van der Waals surface area contributed by atoms with Gasteiger partial charge in [0, 0.05) is 23.2 Å². The minimum absolute atomic E-state index is 0.0930. The normalized spacial score (nSPS) is 15.5. The molecule has 4 rings (SSSR count). The fourth-order valence-corrected chi connectivity index (χ4v) is 4.48. The molecule has 1 unspecified atom stereocenters. The lowest BCUT2D eigenvalue weighted by atomic mass is 9.94. The van der Waals surface area contributed by atoms with Gasteiger partial charge in [-0.25, -0.2) is 9.78 Å². The Hall–Kier alpha value is -3.00. The molecule has 1 aliphatic rings. The lowest BCUT2D eigenvalue weighted by Crippen LogP contribution is -2.47. The Bertz CT molecular complexity index is 981. The number of carbonyl (C=O) groups is 2. The topological polar surface area (TPSA) is 88.2 Å². The van der Waals surface area contributed by atoms with Crippen LogP contribution in [-0.2, 0) is 9.53 Å². The van der Waals surface area contributed by atoms with Crippen LogP contribution in [0.4, 0.5) is 5.13 Å². The molecule has 0 spiro atoms. The molecule has 1 fully saturated rings. The Labute approximate surface area is 179 Å². The van der Waals surface area contributed by atoms with Gasteiger partial charge in [0.1, 0.15) is 5.69 Å². The highest BCUT2D eigenvalue weighted by atomic mass is 32.1. The van der Waals surface area contributed by atoms with Crippen molar-refractivity contribution in [2.75, 3.05) is 4.90 Å². The first kappa shape index (κ1) is 20.3. The number of hydrogen-bond donors (Lipinski definition) is 1. The van der Waals surface area contributed by atoms with Gasteiger partial charge >= 0.3 is 5.97 Å². The van der Waals surface area contributed by atoms with E-state index >= 15 is 0 Å². The summed E-state index contributed by atoms with van der Waals surface area (Å²) >= 11 is 1.42. The SMILES string of the molecule is CC(OC(=O)c1cc(-c2ccccc2)n[nH]1)C(=O)N(c1nccs1)C1CCCCC1. The smallest absolute Gasteiger partial charge is 0.357 e. The monoisotopic (exact) mass is 424 g/mol. The number of thiazole rings is 1. The summed E-state index contributed by atoms with van der Waals surface area (Å²) in [6.45, 7) is 1.61. The highest BCUT2D eigenvalue weighted by molar-refractivity contribution is 7.13. The Kier molecular flexibility index (Phi) is 6.23. The molecule has 1 saturated carbocycles. The van der Waals surface area contributed by atoms with E-state index < -0.39 is 12.1 Å². The molecule has 0 bridgehead atoms. The van der Waals surface area contributed by atoms with Crippen LogP contribution in [0.3, 0.4) is 0 Å². The third kappa shape index (κ3) is 4.43. The van der Waals surface area contributed by atoms with Gasteiger partial charge in [0.25, 0.3) is 5.91 Å². The predicted octanol–water partition coefficient (Wildman–Crippen LogP) is 4.44. The van der Waals surface area contributed by atoms with Crippen molar-refractivity contribution in [1.29, 1.82) is 0 Å². The largest absolute Gasteiger partial charge is 0.448 e. The van der Waals surface area contributed by atoms with E-state index in [9.17, 15) is 9.59 Å². The maximum Gasteiger partial charge on any atom is 0.357 e. The van der Waals surface area contributed by atoms with Crippen LogP contribution in [0, 0.1) is 0 Å². The van der Waals surface area contributed by atoms with E-state index in [2.05, 4.69) is 15.2 Å². The number of H-pyrrole nitrogens is 1. The van der Waals surface area contributed by atoms with Crippen molar-refractivity contribution >= 4 is 28.3 Å². The molecule has 1 amide bonds. The lowest BCUT2D eigenvalue weighted by Gasteiger charge is -2.33. The van der Waals surface area contributed by atoms with Crippen molar-refractivity contribution in [2.24, 2.45) is 0 Å². The number of anilines is 1. The summed E-state index contributed by atoms with van der Waals surface area (Å²) in [4.78, 5) is 31.9. The number of rotatable bonds is 6. The van der Waals surface area contributed by atoms with Crippen molar-refractivity contribution in [3.8, 4) is 11.3 Å². The maximum atomic E-state index is 13.2. The fourth-order valence-electron chi connectivity index (χ4n) is 3.76. The number of aromatic nitrogens is 3. The Morgan fingerprint density at radius 3 is 2.67 bits per heavy atom. The second kappa shape index (κ2) is 9.21. The minimum Gasteiger partial charge on any atom is -0.448 e. The second-order valence-electron chi connectivity index (χ2n) is 7.40. The summed E-state index contributed by atoms with van der Waals surface area (Å²) in [7, 11) is 0. The predicted molar refractivity (Wildman–Crippen MR) is 115 cm³/mol. The molecule has 1 N–H and O–H groups in total. The zero-order chi connectivity index (χ0) is 20.9. The van der Waals surface area contributed by atoms with Gasteiger partial charge in [-0.05, 0) is 25.8 Å². The van der Waals surface area contributed by atoms with E-state index in [4.69, 9.17) is 4.74 Å². The molecule has 1 aliphatic carbocycles. The van der Waals surface area contributed by atoms with E-state index in [-0.39, 0.29) is 17.6 Å². The van der Waals surface area contributed by atoms with Gasteiger partial charge in [-0.3, -0.25) is 14.8 Å². The number of amides is 1. The van der Waals surface area contributed by atoms with Crippen LogP contribution in [-0.4, -0.2) is 39.2 Å². The minimum atomic E-state index is -0.924. The van der Waals surface area contributed by atoms with E-state index in [0.717, 1.165) is 31.2 Å². The first-order valence-electron chi connectivity index (χ1n) is 10.2. The average molecular weight is 425 g/mol. The summed E-state index contributed by atoms with van der Waals surface area (Å²) in [6, 6.07) is 11.3. The molecule has 156 valence electrons. The van der Waals surface area contributed by atoms with E-state index in [0.29, 0.717) is 10.8 Å². The summed E-state index contributed by atoms with van der Waals surface area (Å²) in [6.07, 6.45) is 6.00. The molecule has 0 saturated heterocycles. The fraction of sp³-hybridized carbons (Fsp3) is 0.364. The van der Waals surface area contributed by atoms with Crippen molar-refractivity contribution in [1.82, 2.24) is 15.2 Å². The van der Waals surface area contributed by atoms with Crippen molar-refractivity contribution in [3.63, 3.8) is 0 Å². The number of hydrogen-bond acceptors (Lipinski definition) is 6. The van der Waals surface area contributed by atoms with Crippen LogP contribution in [0.15, 0.2) is 48.0 Å². The molecule has 1 aromatic carbocycles.